The average molecular weight is 272 g/mol. The normalized spacial score (nSPS) is 18.7. The Hall–Kier alpha value is -0.410. The van der Waals surface area contributed by atoms with Crippen molar-refractivity contribution < 1.29 is 4.39 Å². The van der Waals surface area contributed by atoms with Gasteiger partial charge in [-0.1, -0.05) is 22.4 Å². The molecule has 0 aromatic heterocycles. The fourth-order valence-electron chi connectivity index (χ4n) is 2.17. The van der Waals surface area contributed by atoms with Crippen LogP contribution in [-0.2, 0) is 5.41 Å². The van der Waals surface area contributed by atoms with Crippen LogP contribution in [0.1, 0.15) is 30.4 Å². The Kier molecular flexibility index (Phi) is 2.86. The van der Waals surface area contributed by atoms with Gasteiger partial charge in [-0.2, -0.15) is 0 Å². The molecule has 1 fully saturated rings. The number of hydrogen-bond donors (Lipinski definition) is 1. The molecule has 1 aromatic rings. The van der Waals surface area contributed by atoms with Gasteiger partial charge in [0, 0.05) is 16.4 Å². The molecule has 1 nitrogen and oxygen atoms in total. The standard InChI is InChI=1S/C12H15BrFN/c1-8-10(13)5-9(6-11(8)14)12(7-15)3-2-4-12/h5-6H,2-4,7,15H2,1H3. The van der Waals surface area contributed by atoms with E-state index in [0.717, 1.165) is 22.9 Å². The molecular weight excluding hydrogens is 257 g/mol. The third-order valence-electron chi connectivity index (χ3n) is 3.59. The predicted molar refractivity (Wildman–Crippen MR) is 63.4 cm³/mol. The van der Waals surface area contributed by atoms with Crippen LogP contribution in [0.3, 0.4) is 0 Å². The molecule has 0 unspecified atom stereocenters. The molecule has 2 rings (SSSR count). The first kappa shape index (κ1) is 11.1. The summed E-state index contributed by atoms with van der Waals surface area (Å²) < 4.78 is 14.4. The van der Waals surface area contributed by atoms with Gasteiger partial charge in [-0.3, -0.25) is 0 Å². The molecule has 0 bridgehead atoms. The van der Waals surface area contributed by atoms with Gasteiger partial charge in [0.1, 0.15) is 5.82 Å². The van der Waals surface area contributed by atoms with E-state index in [-0.39, 0.29) is 11.2 Å². The number of nitrogens with two attached hydrogens (primary N) is 1. The number of benzene rings is 1. The minimum atomic E-state index is -0.140. The van der Waals surface area contributed by atoms with Crippen molar-refractivity contribution in [2.45, 2.75) is 31.6 Å². The monoisotopic (exact) mass is 271 g/mol. The van der Waals surface area contributed by atoms with Gasteiger partial charge in [-0.15, -0.1) is 0 Å². The van der Waals surface area contributed by atoms with E-state index >= 15 is 0 Å². The Bertz CT molecular complexity index is 357. The van der Waals surface area contributed by atoms with E-state index in [9.17, 15) is 4.39 Å². The zero-order valence-corrected chi connectivity index (χ0v) is 10.4. The molecule has 2 N–H and O–H groups in total. The summed E-state index contributed by atoms with van der Waals surface area (Å²) in [5.41, 5.74) is 7.56. The van der Waals surface area contributed by atoms with Crippen molar-refractivity contribution in [2.75, 3.05) is 6.54 Å². The van der Waals surface area contributed by atoms with Gasteiger partial charge in [0.2, 0.25) is 0 Å². The Balaban J connectivity index is 2.45. The molecule has 3 heteroatoms. The van der Waals surface area contributed by atoms with Crippen molar-refractivity contribution in [3.05, 3.63) is 33.5 Å². The van der Waals surface area contributed by atoms with Gasteiger partial charge < -0.3 is 5.73 Å². The lowest BCUT2D eigenvalue weighted by Gasteiger charge is -2.41. The molecular formula is C12H15BrFN. The lowest BCUT2D eigenvalue weighted by Crippen LogP contribution is -2.41. The van der Waals surface area contributed by atoms with Crippen molar-refractivity contribution in [1.29, 1.82) is 0 Å². The van der Waals surface area contributed by atoms with Crippen LogP contribution in [0.15, 0.2) is 16.6 Å². The van der Waals surface area contributed by atoms with Crippen molar-refractivity contribution in [2.24, 2.45) is 5.73 Å². The molecule has 1 aromatic carbocycles. The first-order chi connectivity index (χ1) is 7.09. The highest BCUT2D eigenvalue weighted by molar-refractivity contribution is 9.10. The fourth-order valence-corrected chi connectivity index (χ4v) is 2.60. The van der Waals surface area contributed by atoms with Crippen molar-refractivity contribution in [3.8, 4) is 0 Å². The molecule has 0 saturated heterocycles. The maximum Gasteiger partial charge on any atom is 0.127 e. The molecule has 0 atom stereocenters. The van der Waals surface area contributed by atoms with Gasteiger partial charge in [-0.05, 0) is 43.0 Å². The Morgan fingerprint density at radius 3 is 2.53 bits per heavy atom. The molecule has 1 saturated carbocycles. The van der Waals surface area contributed by atoms with E-state index in [4.69, 9.17) is 5.73 Å². The third-order valence-corrected chi connectivity index (χ3v) is 4.42. The summed E-state index contributed by atoms with van der Waals surface area (Å²) in [6.45, 7) is 2.39. The summed E-state index contributed by atoms with van der Waals surface area (Å²) in [6, 6.07) is 3.66. The van der Waals surface area contributed by atoms with Crippen molar-refractivity contribution in [3.63, 3.8) is 0 Å². The second-order valence-electron chi connectivity index (χ2n) is 4.40. The van der Waals surface area contributed by atoms with E-state index in [2.05, 4.69) is 15.9 Å². The zero-order valence-electron chi connectivity index (χ0n) is 8.82. The Labute approximate surface area is 98.0 Å². The lowest BCUT2D eigenvalue weighted by molar-refractivity contribution is 0.252. The Morgan fingerprint density at radius 1 is 1.47 bits per heavy atom. The molecule has 82 valence electrons. The molecule has 0 spiro atoms. The summed E-state index contributed by atoms with van der Waals surface area (Å²) in [6.07, 6.45) is 3.36. The van der Waals surface area contributed by atoms with Crippen LogP contribution in [0.4, 0.5) is 4.39 Å². The van der Waals surface area contributed by atoms with E-state index in [1.807, 2.05) is 6.07 Å². The third kappa shape index (κ3) is 1.72. The highest BCUT2D eigenvalue weighted by Crippen LogP contribution is 2.44. The molecule has 0 amide bonds. The zero-order chi connectivity index (χ0) is 11.1. The maximum absolute atomic E-state index is 13.6. The first-order valence-corrected chi connectivity index (χ1v) is 6.04. The summed E-state index contributed by atoms with van der Waals surface area (Å²) in [5, 5.41) is 0. The minimum absolute atomic E-state index is 0.0387. The second kappa shape index (κ2) is 3.87. The van der Waals surface area contributed by atoms with Gasteiger partial charge >= 0.3 is 0 Å². The summed E-state index contributed by atoms with van der Waals surface area (Å²) in [5.74, 6) is -0.140. The smallest absolute Gasteiger partial charge is 0.127 e. The molecule has 0 radical (unpaired) electrons. The summed E-state index contributed by atoms with van der Waals surface area (Å²) in [7, 11) is 0. The van der Waals surface area contributed by atoms with Crippen LogP contribution in [0.25, 0.3) is 0 Å². The molecule has 1 aliphatic carbocycles. The molecule has 1 aliphatic rings. The second-order valence-corrected chi connectivity index (χ2v) is 5.26. The van der Waals surface area contributed by atoms with E-state index in [1.165, 1.54) is 6.42 Å². The molecule has 15 heavy (non-hydrogen) atoms. The van der Waals surface area contributed by atoms with Crippen LogP contribution in [0.5, 0.6) is 0 Å². The van der Waals surface area contributed by atoms with E-state index in [1.54, 1.807) is 13.0 Å². The Morgan fingerprint density at radius 2 is 2.13 bits per heavy atom. The minimum Gasteiger partial charge on any atom is -0.330 e. The number of rotatable bonds is 2. The first-order valence-electron chi connectivity index (χ1n) is 5.25. The van der Waals surface area contributed by atoms with E-state index in [0.29, 0.717) is 12.1 Å². The van der Waals surface area contributed by atoms with Crippen LogP contribution in [0, 0.1) is 12.7 Å². The van der Waals surface area contributed by atoms with Crippen LogP contribution < -0.4 is 5.73 Å². The summed E-state index contributed by atoms with van der Waals surface area (Å²) >= 11 is 3.39. The molecule has 0 heterocycles. The van der Waals surface area contributed by atoms with Crippen LogP contribution in [0.2, 0.25) is 0 Å². The number of hydrogen-bond acceptors (Lipinski definition) is 1. The number of halogens is 2. The highest BCUT2D eigenvalue weighted by Gasteiger charge is 2.37. The van der Waals surface area contributed by atoms with Crippen molar-refractivity contribution in [1.82, 2.24) is 0 Å². The summed E-state index contributed by atoms with van der Waals surface area (Å²) in [4.78, 5) is 0. The predicted octanol–water partition coefficient (Wildman–Crippen LogP) is 3.28. The lowest BCUT2D eigenvalue weighted by atomic mass is 9.64. The maximum atomic E-state index is 13.6. The van der Waals surface area contributed by atoms with Gasteiger partial charge in [0.05, 0.1) is 0 Å². The van der Waals surface area contributed by atoms with Crippen LogP contribution >= 0.6 is 15.9 Å². The van der Waals surface area contributed by atoms with Gasteiger partial charge in [0.15, 0.2) is 0 Å². The highest BCUT2D eigenvalue weighted by atomic mass is 79.9. The largest absolute Gasteiger partial charge is 0.330 e. The SMILES string of the molecule is Cc1c(F)cc(C2(CN)CCC2)cc1Br. The quantitative estimate of drug-likeness (QED) is 0.878. The fraction of sp³-hybridized carbons (Fsp3) is 0.500. The van der Waals surface area contributed by atoms with E-state index < -0.39 is 0 Å². The topological polar surface area (TPSA) is 26.0 Å². The molecule has 0 aliphatic heterocycles. The average Bonchev–Trinajstić information content (AvgIpc) is 2.13. The van der Waals surface area contributed by atoms with Crippen molar-refractivity contribution >= 4 is 15.9 Å². The van der Waals surface area contributed by atoms with Gasteiger partial charge in [0.25, 0.3) is 0 Å². The van der Waals surface area contributed by atoms with Gasteiger partial charge in [-0.25, -0.2) is 4.39 Å². The van der Waals surface area contributed by atoms with Crippen LogP contribution in [-0.4, -0.2) is 6.54 Å².